The number of hydrogen-bond acceptors (Lipinski definition) is 3. The molecule has 3 heteroatoms. The lowest BCUT2D eigenvalue weighted by molar-refractivity contribution is 0.310. The standard InChI is InChI=1S/C13H17NO2/c1-3-16-12-8-7-11(6-4-5-9-14)10-13(12)15-2/h7-8,10H,3-6H2,1-2H3. The number of aryl methyl sites for hydroxylation is 1. The van der Waals surface area contributed by atoms with Crippen LogP contribution in [0.2, 0.25) is 0 Å². The SMILES string of the molecule is CCOc1ccc(CCCC#N)cc1OC. The van der Waals surface area contributed by atoms with Gasteiger partial charge in [-0.2, -0.15) is 5.26 Å². The maximum Gasteiger partial charge on any atom is 0.161 e. The molecule has 16 heavy (non-hydrogen) atoms. The monoisotopic (exact) mass is 219 g/mol. The predicted molar refractivity (Wildman–Crippen MR) is 62.7 cm³/mol. The zero-order valence-corrected chi connectivity index (χ0v) is 9.82. The Morgan fingerprint density at radius 3 is 2.75 bits per heavy atom. The molecule has 0 unspecified atom stereocenters. The zero-order valence-electron chi connectivity index (χ0n) is 9.82. The first-order valence-corrected chi connectivity index (χ1v) is 5.48. The number of rotatable bonds is 6. The van der Waals surface area contributed by atoms with Gasteiger partial charge in [-0.1, -0.05) is 6.07 Å². The van der Waals surface area contributed by atoms with Gasteiger partial charge < -0.3 is 9.47 Å². The van der Waals surface area contributed by atoms with Gasteiger partial charge in [-0.15, -0.1) is 0 Å². The van der Waals surface area contributed by atoms with Crippen LogP contribution in [-0.2, 0) is 6.42 Å². The lowest BCUT2D eigenvalue weighted by Crippen LogP contribution is -1.96. The Kier molecular flexibility index (Phi) is 5.21. The van der Waals surface area contributed by atoms with E-state index in [2.05, 4.69) is 6.07 Å². The Bertz CT molecular complexity index is 369. The molecule has 0 aliphatic rings. The van der Waals surface area contributed by atoms with Crippen LogP contribution in [0.1, 0.15) is 25.3 Å². The smallest absolute Gasteiger partial charge is 0.161 e. The second kappa shape index (κ2) is 6.73. The zero-order chi connectivity index (χ0) is 11.8. The van der Waals surface area contributed by atoms with Gasteiger partial charge in [0.05, 0.1) is 19.8 Å². The molecule has 0 saturated heterocycles. The summed E-state index contributed by atoms with van der Waals surface area (Å²) in [6, 6.07) is 8.06. The average Bonchev–Trinajstić information content (AvgIpc) is 2.31. The second-order valence-corrected chi connectivity index (χ2v) is 3.43. The van der Waals surface area contributed by atoms with Crippen molar-refractivity contribution in [2.24, 2.45) is 0 Å². The van der Waals surface area contributed by atoms with Crippen LogP contribution in [0.3, 0.4) is 0 Å². The normalized spacial score (nSPS) is 9.56. The minimum absolute atomic E-state index is 0.593. The van der Waals surface area contributed by atoms with E-state index in [0.29, 0.717) is 13.0 Å². The van der Waals surface area contributed by atoms with E-state index in [1.165, 1.54) is 5.56 Å². The molecule has 0 N–H and O–H groups in total. The van der Waals surface area contributed by atoms with Crippen molar-refractivity contribution in [3.63, 3.8) is 0 Å². The molecule has 0 radical (unpaired) electrons. The van der Waals surface area contributed by atoms with Crippen molar-refractivity contribution in [1.82, 2.24) is 0 Å². The fraction of sp³-hybridized carbons (Fsp3) is 0.462. The molecule has 0 heterocycles. The molecule has 86 valence electrons. The van der Waals surface area contributed by atoms with Crippen molar-refractivity contribution >= 4 is 0 Å². The molecule has 1 aromatic carbocycles. The highest BCUT2D eigenvalue weighted by atomic mass is 16.5. The van der Waals surface area contributed by atoms with Crippen LogP contribution >= 0.6 is 0 Å². The van der Waals surface area contributed by atoms with Crippen LogP contribution < -0.4 is 9.47 Å². The molecule has 0 fully saturated rings. The lowest BCUT2D eigenvalue weighted by Gasteiger charge is -2.10. The fourth-order valence-electron chi connectivity index (χ4n) is 1.51. The van der Waals surface area contributed by atoms with E-state index < -0.39 is 0 Å². The lowest BCUT2D eigenvalue weighted by atomic mass is 10.1. The van der Waals surface area contributed by atoms with Crippen molar-refractivity contribution in [3.05, 3.63) is 23.8 Å². The third-order valence-corrected chi connectivity index (χ3v) is 2.28. The summed E-state index contributed by atoms with van der Waals surface area (Å²) in [6.45, 7) is 2.57. The summed E-state index contributed by atoms with van der Waals surface area (Å²) in [5.74, 6) is 1.53. The average molecular weight is 219 g/mol. The molecule has 3 nitrogen and oxygen atoms in total. The minimum Gasteiger partial charge on any atom is -0.493 e. The van der Waals surface area contributed by atoms with Crippen molar-refractivity contribution < 1.29 is 9.47 Å². The topological polar surface area (TPSA) is 42.2 Å². The third-order valence-electron chi connectivity index (χ3n) is 2.28. The first kappa shape index (κ1) is 12.4. The number of benzene rings is 1. The van der Waals surface area contributed by atoms with Crippen molar-refractivity contribution in [2.45, 2.75) is 26.2 Å². The first-order chi connectivity index (χ1) is 7.81. The number of nitriles is 1. The molecular weight excluding hydrogens is 202 g/mol. The number of methoxy groups -OCH3 is 1. The number of nitrogens with zero attached hydrogens (tertiary/aromatic N) is 1. The fourth-order valence-corrected chi connectivity index (χ4v) is 1.51. The van der Waals surface area contributed by atoms with Gasteiger partial charge in [0, 0.05) is 6.42 Å². The Hall–Kier alpha value is -1.69. The maximum absolute atomic E-state index is 8.46. The molecule has 0 aromatic heterocycles. The van der Waals surface area contributed by atoms with Crippen LogP contribution in [0.5, 0.6) is 11.5 Å². The van der Waals surface area contributed by atoms with Gasteiger partial charge in [0.25, 0.3) is 0 Å². The third kappa shape index (κ3) is 3.47. The molecule has 0 spiro atoms. The largest absolute Gasteiger partial charge is 0.493 e. The Balaban J connectivity index is 2.71. The Labute approximate surface area is 96.6 Å². The minimum atomic E-state index is 0.593. The molecule has 0 saturated carbocycles. The van der Waals surface area contributed by atoms with Crippen molar-refractivity contribution in [2.75, 3.05) is 13.7 Å². The molecule has 0 atom stereocenters. The second-order valence-electron chi connectivity index (χ2n) is 3.43. The maximum atomic E-state index is 8.46. The van der Waals surface area contributed by atoms with E-state index >= 15 is 0 Å². The van der Waals surface area contributed by atoms with Gasteiger partial charge in [-0.05, 0) is 37.5 Å². The van der Waals surface area contributed by atoms with Crippen LogP contribution in [0.15, 0.2) is 18.2 Å². The molecule has 0 amide bonds. The molecule has 0 bridgehead atoms. The highest BCUT2D eigenvalue weighted by Gasteiger charge is 2.04. The van der Waals surface area contributed by atoms with Gasteiger partial charge in [0.1, 0.15) is 0 Å². The van der Waals surface area contributed by atoms with E-state index in [4.69, 9.17) is 14.7 Å². The highest BCUT2D eigenvalue weighted by Crippen LogP contribution is 2.28. The van der Waals surface area contributed by atoms with Crippen molar-refractivity contribution in [1.29, 1.82) is 5.26 Å². The number of hydrogen-bond donors (Lipinski definition) is 0. The molecule has 0 aliphatic heterocycles. The van der Waals surface area contributed by atoms with Crippen LogP contribution in [0.25, 0.3) is 0 Å². The van der Waals surface area contributed by atoms with Gasteiger partial charge in [0.2, 0.25) is 0 Å². The van der Waals surface area contributed by atoms with Crippen LogP contribution in [0.4, 0.5) is 0 Å². The van der Waals surface area contributed by atoms with Gasteiger partial charge in [0.15, 0.2) is 11.5 Å². The first-order valence-electron chi connectivity index (χ1n) is 5.48. The number of ether oxygens (including phenoxy) is 2. The van der Waals surface area contributed by atoms with E-state index in [1.807, 2.05) is 25.1 Å². The predicted octanol–water partition coefficient (Wildman–Crippen LogP) is 2.94. The number of unbranched alkanes of at least 4 members (excludes halogenated alkanes) is 1. The van der Waals surface area contributed by atoms with E-state index in [-0.39, 0.29) is 0 Å². The summed E-state index contributed by atoms with van der Waals surface area (Å²) in [5.41, 5.74) is 1.18. The molecular formula is C13H17NO2. The Morgan fingerprint density at radius 1 is 1.31 bits per heavy atom. The molecule has 1 rings (SSSR count). The summed E-state index contributed by atoms with van der Waals surface area (Å²) in [5, 5.41) is 8.46. The summed E-state index contributed by atoms with van der Waals surface area (Å²) in [4.78, 5) is 0. The summed E-state index contributed by atoms with van der Waals surface area (Å²) < 4.78 is 10.7. The van der Waals surface area contributed by atoms with E-state index in [1.54, 1.807) is 7.11 Å². The summed E-state index contributed by atoms with van der Waals surface area (Å²) >= 11 is 0. The van der Waals surface area contributed by atoms with Crippen molar-refractivity contribution in [3.8, 4) is 17.6 Å². The van der Waals surface area contributed by atoms with Gasteiger partial charge in [-0.25, -0.2) is 0 Å². The Morgan fingerprint density at radius 2 is 2.12 bits per heavy atom. The highest BCUT2D eigenvalue weighted by molar-refractivity contribution is 5.43. The molecule has 0 aliphatic carbocycles. The van der Waals surface area contributed by atoms with Gasteiger partial charge in [-0.3, -0.25) is 0 Å². The van der Waals surface area contributed by atoms with E-state index in [9.17, 15) is 0 Å². The summed E-state index contributed by atoms with van der Waals surface area (Å²) in [6.07, 6.45) is 2.37. The summed E-state index contributed by atoms with van der Waals surface area (Å²) in [7, 11) is 1.64. The van der Waals surface area contributed by atoms with E-state index in [0.717, 1.165) is 24.3 Å². The van der Waals surface area contributed by atoms with Gasteiger partial charge >= 0.3 is 0 Å². The molecule has 1 aromatic rings. The van der Waals surface area contributed by atoms with Crippen LogP contribution in [-0.4, -0.2) is 13.7 Å². The van der Waals surface area contributed by atoms with Crippen LogP contribution in [0, 0.1) is 11.3 Å². The quantitative estimate of drug-likeness (QED) is 0.691.